The van der Waals surface area contributed by atoms with E-state index in [0.29, 0.717) is 32.1 Å². The lowest BCUT2D eigenvalue weighted by Crippen LogP contribution is -2.52. The van der Waals surface area contributed by atoms with Gasteiger partial charge in [0.15, 0.2) is 0 Å². The summed E-state index contributed by atoms with van der Waals surface area (Å²) in [4.78, 5) is 41.9. The molecule has 7 heteroatoms. The summed E-state index contributed by atoms with van der Waals surface area (Å²) in [5.74, 6) is 1.33. The van der Waals surface area contributed by atoms with Crippen LogP contribution in [0.2, 0.25) is 0 Å². The molecule has 1 aromatic heterocycles. The van der Waals surface area contributed by atoms with E-state index < -0.39 is 0 Å². The first kappa shape index (κ1) is 20.3. The van der Waals surface area contributed by atoms with E-state index in [1.807, 2.05) is 45.7 Å². The van der Waals surface area contributed by atoms with Gasteiger partial charge in [0.1, 0.15) is 0 Å². The zero-order chi connectivity index (χ0) is 21.5. The van der Waals surface area contributed by atoms with Gasteiger partial charge in [0.05, 0.1) is 11.0 Å². The predicted molar refractivity (Wildman–Crippen MR) is 119 cm³/mol. The fraction of sp³-hybridized carbons (Fsp3) is 0.625. The number of carbonyl (C=O) groups is 2. The van der Waals surface area contributed by atoms with E-state index in [4.69, 9.17) is 0 Å². The van der Waals surface area contributed by atoms with Crippen LogP contribution in [-0.4, -0.2) is 56.9 Å². The summed E-state index contributed by atoms with van der Waals surface area (Å²) in [5, 5.41) is 0. The fourth-order valence-corrected chi connectivity index (χ4v) is 5.38. The Morgan fingerprint density at radius 3 is 1.81 bits per heavy atom. The molecular weight excluding hydrogens is 392 g/mol. The number of para-hydroxylation sites is 2. The number of rotatable bonds is 4. The van der Waals surface area contributed by atoms with E-state index in [2.05, 4.69) is 0 Å². The molecule has 0 atom stereocenters. The lowest BCUT2D eigenvalue weighted by molar-refractivity contribution is -0.143. The van der Waals surface area contributed by atoms with Crippen LogP contribution in [0, 0.1) is 17.8 Å². The fourth-order valence-electron chi connectivity index (χ4n) is 5.38. The molecule has 2 amide bonds. The highest BCUT2D eigenvalue weighted by molar-refractivity contribution is 5.82. The molecule has 5 rings (SSSR count). The van der Waals surface area contributed by atoms with Gasteiger partial charge in [0.25, 0.3) is 0 Å². The van der Waals surface area contributed by atoms with Gasteiger partial charge < -0.3 is 9.80 Å². The number of fused-ring (bicyclic) bond motifs is 1. The van der Waals surface area contributed by atoms with Crippen molar-refractivity contribution < 1.29 is 9.59 Å². The van der Waals surface area contributed by atoms with E-state index in [1.54, 1.807) is 4.57 Å². The Morgan fingerprint density at radius 1 is 0.806 bits per heavy atom. The number of nitrogens with zero attached hydrogens (tertiary/aromatic N) is 4. The first-order valence-electron chi connectivity index (χ1n) is 11.7. The van der Waals surface area contributed by atoms with Crippen molar-refractivity contribution in [3.8, 4) is 0 Å². The van der Waals surface area contributed by atoms with Crippen LogP contribution in [0.5, 0.6) is 0 Å². The third kappa shape index (κ3) is 3.90. The van der Waals surface area contributed by atoms with Crippen molar-refractivity contribution in [1.29, 1.82) is 0 Å². The van der Waals surface area contributed by atoms with Crippen LogP contribution in [0.25, 0.3) is 11.0 Å². The molecular formula is C24H32N4O3. The zero-order valence-electron chi connectivity index (χ0n) is 18.3. The lowest BCUT2D eigenvalue weighted by Gasteiger charge is -2.38. The number of piperazine rings is 1. The number of hydrogen-bond donors (Lipinski definition) is 0. The number of aromatic nitrogens is 2. The van der Waals surface area contributed by atoms with Crippen molar-refractivity contribution in [3.05, 3.63) is 34.7 Å². The van der Waals surface area contributed by atoms with E-state index >= 15 is 0 Å². The number of carbonyl (C=O) groups excluding carboxylic acids is 2. The molecule has 31 heavy (non-hydrogen) atoms. The second kappa shape index (κ2) is 8.17. The Kier molecular flexibility index (Phi) is 5.36. The summed E-state index contributed by atoms with van der Waals surface area (Å²) in [6.45, 7) is 3.43. The summed E-state index contributed by atoms with van der Waals surface area (Å²) in [6.07, 6.45) is 5.81. The molecule has 2 saturated carbocycles. The maximum Gasteiger partial charge on any atom is 0.328 e. The molecule has 1 aliphatic heterocycles. The molecule has 0 spiro atoms. The Morgan fingerprint density at radius 2 is 1.29 bits per heavy atom. The molecule has 0 radical (unpaired) electrons. The number of aryl methyl sites for hydroxylation is 1. The quantitative estimate of drug-likeness (QED) is 0.756. The Hall–Kier alpha value is -2.57. The smallest absolute Gasteiger partial charge is 0.328 e. The normalized spacial score (nSPS) is 24.5. The minimum atomic E-state index is 0.0398. The van der Waals surface area contributed by atoms with Crippen LogP contribution in [0.3, 0.4) is 0 Å². The highest BCUT2D eigenvalue weighted by atomic mass is 16.2. The van der Waals surface area contributed by atoms with Gasteiger partial charge >= 0.3 is 5.69 Å². The van der Waals surface area contributed by atoms with E-state index in [-0.39, 0.29) is 29.3 Å². The monoisotopic (exact) mass is 424 g/mol. The SMILES string of the molecule is Cn1c(=O)n(CC2CCC(C(=O)N3CCN(C(=O)C4CC4)CC3)CC2)c2ccccc21. The summed E-state index contributed by atoms with van der Waals surface area (Å²) in [6, 6.07) is 7.94. The molecule has 166 valence electrons. The van der Waals surface area contributed by atoms with Gasteiger partial charge in [-0.05, 0) is 56.6 Å². The van der Waals surface area contributed by atoms with Gasteiger partial charge in [-0.3, -0.25) is 18.7 Å². The van der Waals surface area contributed by atoms with Crippen molar-refractivity contribution in [2.75, 3.05) is 26.2 Å². The zero-order valence-corrected chi connectivity index (χ0v) is 18.3. The molecule has 7 nitrogen and oxygen atoms in total. The van der Waals surface area contributed by atoms with Gasteiger partial charge in [0, 0.05) is 51.6 Å². The maximum atomic E-state index is 13.0. The van der Waals surface area contributed by atoms with E-state index in [1.165, 1.54) is 0 Å². The summed E-state index contributed by atoms with van der Waals surface area (Å²) in [5.41, 5.74) is 2.00. The average Bonchev–Trinajstić information content (AvgIpc) is 3.64. The summed E-state index contributed by atoms with van der Waals surface area (Å²) in [7, 11) is 1.83. The second-order valence-electron chi connectivity index (χ2n) is 9.58. The Bertz CT molecular complexity index is 1030. The van der Waals surface area contributed by atoms with Crippen molar-refractivity contribution in [2.45, 2.75) is 45.1 Å². The largest absolute Gasteiger partial charge is 0.339 e. The van der Waals surface area contributed by atoms with Gasteiger partial charge in [-0.15, -0.1) is 0 Å². The van der Waals surface area contributed by atoms with Gasteiger partial charge in [-0.1, -0.05) is 12.1 Å². The standard InChI is InChI=1S/C24H32N4O3/c1-25-20-4-2-3-5-21(20)28(24(25)31)16-17-6-8-18(9-7-17)22(29)26-12-14-27(15-13-26)23(30)19-10-11-19/h2-5,17-19H,6-16H2,1H3. The molecule has 3 aliphatic rings. The number of hydrogen-bond acceptors (Lipinski definition) is 3. The molecule has 2 aromatic rings. The van der Waals surface area contributed by atoms with Crippen molar-refractivity contribution in [1.82, 2.24) is 18.9 Å². The van der Waals surface area contributed by atoms with Crippen LogP contribution in [0.1, 0.15) is 38.5 Å². The topological polar surface area (TPSA) is 67.6 Å². The van der Waals surface area contributed by atoms with Crippen molar-refractivity contribution >= 4 is 22.8 Å². The minimum Gasteiger partial charge on any atom is -0.339 e. The Balaban J connectivity index is 1.15. The maximum absolute atomic E-state index is 13.0. The number of imidazole rings is 1. The second-order valence-corrected chi connectivity index (χ2v) is 9.58. The van der Waals surface area contributed by atoms with Gasteiger partial charge in [0.2, 0.25) is 11.8 Å². The average molecular weight is 425 g/mol. The van der Waals surface area contributed by atoms with E-state index in [0.717, 1.165) is 56.1 Å². The number of amides is 2. The van der Waals surface area contributed by atoms with Gasteiger partial charge in [-0.25, -0.2) is 4.79 Å². The molecule has 3 fully saturated rings. The summed E-state index contributed by atoms with van der Waals surface area (Å²) < 4.78 is 3.62. The molecule has 1 saturated heterocycles. The third-order valence-corrected chi connectivity index (χ3v) is 7.52. The van der Waals surface area contributed by atoms with Crippen molar-refractivity contribution in [2.24, 2.45) is 24.8 Å². The van der Waals surface area contributed by atoms with Crippen LogP contribution < -0.4 is 5.69 Å². The first-order valence-corrected chi connectivity index (χ1v) is 11.7. The molecule has 0 bridgehead atoms. The van der Waals surface area contributed by atoms with Crippen LogP contribution in [-0.2, 0) is 23.2 Å². The highest BCUT2D eigenvalue weighted by Crippen LogP contribution is 2.33. The highest BCUT2D eigenvalue weighted by Gasteiger charge is 2.36. The van der Waals surface area contributed by atoms with Crippen LogP contribution >= 0.6 is 0 Å². The minimum absolute atomic E-state index is 0.0398. The Labute approximate surface area is 182 Å². The molecule has 0 unspecified atom stereocenters. The van der Waals surface area contributed by atoms with Gasteiger partial charge in [-0.2, -0.15) is 0 Å². The van der Waals surface area contributed by atoms with Crippen molar-refractivity contribution in [3.63, 3.8) is 0 Å². The molecule has 2 heterocycles. The predicted octanol–water partition coefficient (Wildman–Crippen LogP) is 2.23. The molecule has 0 N–H and O–H groups in total. The van der Waals surface area contributed by atoms with Crippen LogP contribution in [0.15, 0.2) is 29.1 Å². The van der Waals surface area contributed by atoms with E-state index in [9.17, 15) is 14.4 Å². The number of benzene rings is 1. The first-order chi connectivity index (χ1) is 15.0. The van der Waals surface area contributed by atoms with Crippen LogP contribution in [0.4, 0.5) is 0 Å². The molecule has 2 aliphatic carbocycles. The molecule has 1 aromatic carbocycles. The summed E-state index contributed by atoms with van der Waals surface area (Å²) >= 11 is 0. The third-order valence-electron chi connectivity index (χ3n) is 7.52. The lowest BCUT2D eigenvalue weighted by atomic mass is 9.81.